The summed E-state index contributed by atoms with van der Waals surface area (Å²) < 4.78 is 23.4. The molecule has 3 heterocycles. The van der Waals surface area contributed by atoms with Crippen molar-refractivity contribution in [3.8, 4) is 5.69 Å². The van der Waals surface area contributed by atoms with E-state index in [0.29, 0.717) is 5.69 Å². The minimum Gasteiger partial charge on any atom is -0.375 e. The summed E-state index contributed by atoms with van der Waals surface area (Å²) in [4.78, 5) is 2.36. The number of hydrogen-bond acceptors (Lipinski definition) is 4. The lowest BCUT2D eigenvalue weighted by atomic mass is 10.2. The first-order valence-corrected chi connectivity index (χ1v) is 8.88. The van der Waals surface area contributed by atoms with Gasteiger partial charge in [-0.15, -0.1) is 0 Å². The van der Waals surface area contributed by atoms with Crippen LogP contribution in [-0.2, 0) is 17.8 Å². The molecule has 0 amide bonds. The normalized spacial score (nSPS) is 18.7. The van der Waals surface area contributed by atoms with Crippen molar-refractivity contribution in [1.82, 2.24) is 24.5 Å². The molecule has 0 N–H and O–H groups in total. The predicted molar refractivity (Wildman–Crippen MR) is 95.4 cm³/mol. The van der Waals surface area contributed by atoms with Crippen LogP contribution in [0.4, 0.5) is 4.39 Å². The van der Waals surface area contributed by atoms with Crippen molar-refractivity contribution in [2.45, 2.75) is 25.6 Å². The second-order valence-corrected chi connectivity index (χ2v) is 6.55. The van der Waals surface area contributed by atoms with Gasteiger partial charge in [0.1, 0.15) is 11.5 Å². The summed E-state index contributed by atoms with van der Waals surface area (Å²) in [5.74, 6) is -0.274. The Labute approximate surface area is 151 Å². The van der Waals surface area contributed by atoms with Crippen molar-refractivity contribution >= 4 is 0 Å². The Morgan fingerprint density at radius 2 is 2.12 bits per heavy atom. The van der Waals surface area contributed by atoms with E-state index in [0.717, 1.165) is 44.8 Å². The van der Waals surface area contributed by atoms with Crippen LogP contribution in [0.3, 0.4) is 0 Å². The molecule has 1 fully saturated rings. The highest BCUT2D eigenvalue weighted by atomic mass is 19.1. The van der Waals surface area contributed by atoms with Crippen LogP contribution in [-0.4, -0.2) is 50.3 Å². The van der Waals surface area contributed by atoms with Crippen LogP contribution in [0.15, 0.2) is 55.1 Å². The van der Waals surface area contributed by atoms with E-state index in [1.807, 2.05) is 29.2 Å². The van der Waals surface area contributed by atoms with Crippen molar-refractivity contribution in [3.05, 3.63) is 66.5 Å². The summed E-state index contributed by atoms with van der Waals surface area (Å²) in [5.41, 5.74) is 1.53. The van der Waals surface area contributed by atoms with Crippen molar-refractivity contribution in [1.29, 1.82) is 0 Å². The van der Waals surface area contributed by atoms with E-state index in [2.05, 4.69) is 15.1 Å². The molecule has 1 aliphatic rings. The Balaban J connectivity index is 1.42. The monoisotopic (exact) mass is 355 g/mol. The van der Waals surface area contributed by atoms with Crippen LogP contribution in [0, 0.1) is 5.82 Å². The van der Waals surface area contributed by atoms with E-state index >= 15 is 0 Å². The van der Waals surface area contributed by atoms with E-state index in [1.165, 1.54) is 6.07 Å². The largest absolute Gasteiger partial charge is 0.375 e. The Hall–Kier alpha value is -2.51. The molecule has 0 aliphatic carbocycles. The molecular weight excluding hydrogens is 333 g/mol. The van der Waals surface area contributed by atoms with Gasteiger partial charge >= 0.3 is 0 Å². The van der Waals surface area contributed by atoms with Crippen molar-refractivity contribution in [3.63, 3.8) is 0 Å². The number of ether oxygens (including phenoxy) is 1. The highest BCUT2D eigenvalue weighted by molar-refractivity contribution is 5.32. The first kappa shape index (κ1) is 16.9. The molecule has 1 saturated heterocycles. The van der Waals surface area contributed by atoms with E-state index in [1.54, 1.807) is 29.2 Å². The van der Waals surface area contributed by atoms with Crippen LogP contribution < -0.4 is 0 Å². The van der Waals surface area contributed by atoms with E-state index in [9.17, 15) is 4.39 Å². The molecule has 0 spiro atoms. The molecule has 7 heteroatoms. The standard InChI is InChI=1S/C19H22FN5O/c20-18-5-1-2-6-19(18)25-13-16(11-22-25)12-23-8-4-10-26-17(14-23)15-24-9-3-7-21-24/h1-3,5-7,9,11,13,17H,4,8,10,12,14-15H2. The maximum absolute atomic E-state index is 13.9. The summed E-state index contributed by atoms with van der Waals surface area (Å²) in [6.07, 6.45) is 8.55. The number of hydrogen-bond donors (Lipinski definition) is 0. The number of aromatic nitrogens is 4. The first-order chi connectivity index (χ1) is 12.8. The quantitative estimate of drug-likeness (QED) is 0.706. The fourth-order valence-electron chi connectivity index (χ4n) is 3.31. The van der Waals surface area contributed by atoms with E-state index < -0.39 is 0 Å². The molecule has 3 aromatic rings. The smallest absolute Gasteiger partial charge is 0.148 e. The molecule has 4 rings (SSSR count). The number of halogens is 1. The number of para-hydroxylation sites is 1. The number of rotatable bonds is 5. The molecule has 136 valence electrons. The molecule has 0 bridgehead atoms. The second kappa shape index (κ2) is 7.80. The van der Waals surface area contributed by atoms with Gasteiger partial charge in [-0.1, -0.05) is 12.1 Å². The minimum atomic E-state index is -0.274. The number of nitrogens with zero attached hydrogens (tertiary/aromatic N) is 5. The van der Waals surface area contributed by atoms with Crippen LogP contribution in [0.1, 0.15) is 12.0 Å². The van der Waals surface area contributed by atoms with Gasteiger partial charge in [0.15, 0.2) is 0 Å². The maximum Gasteiger partial charge on any atom is 0.148 e. The van der Waals surface area contributed by atoms with Gasteiger partial charge in [-0.3, -0.25) is 9.58 Å². The molecule has 1 aliphatic heterocycles. The van der Waals surface area contributed by atoms with Gasteiger partial charge < -0.3 is 4.74 Å². The van der Waals surface area contributed by atoms with Crippen LogP contribution in [0.5, 0.6) is 0 Å². The highest BCUT2D eigenvalue weighted by Gasteiger charge is 2.20. The van der Waals surface area contributed by atoms with Crippen LogP contribution in [0.25, 0.3) is 5.69 Å². The Morgan fingerprint density at radius 1 is 1.19 bits per heavy atom. The van der Waals surface area contributed by atoms with Gasteiger partial charge in [-0.05, 0) is 24.6 Å². The molecule has 0 saturated carbocycles. The van der Waals surface area contributed by atoms with Gasteiger partial charge in [-0.2, -0.15) is 10.2 Å². The molecule has 6 nitrogen and oxygen atoms in total. The van der Waals surface area contributed by atoms with Gasteiger partial charge in [0.05, 0.1) is 18.8 Å². The molecule has 1 aromatic carbocycles. The molecule has 0 radical (unpaired) electrons. The lowest BCUT2D eigenvalue weighted by Crippen LogP contribution is -2.34. The Bertz CT molecular complexity index is 832. The topological polar surface area (TPSA) is 48.1 Å². The fourth-order valence-corrected chi connectivity index (χ4v) is 3.31. The SMILES string of the molecule is Fc1ccccc1-n1cc(CN2CCCOC(Cn3cccn3)C2)cn1. The molecular formula is C19H22FN5O. The minimum absolute atomic E-state index is 0.110. The molecule has 2 aromatic heterocycles. The van der Waals surface area contributed by atoms with E-state index in [-0.39, 0.29) is 11.9 Å². The summed E-state index contributed by atoms with van der Waals surface area (Å²) >= 11 is 0. The zero-order valence-corrected chi connectivity index (χ0v) is 14.5. The van der Waals surface area contributed by atoms with Crippen LogP contribution in [0.2, 0.25) is 0 Å². The number of benzene rings is 1. The zero-order chi connectivity index (χ0) is 17.8. The lowest BCUT2D eigenvalue weighted by molar-refractivity contribution is 0.0391. The lowest BCUT2D eigenvalue weighted by Gasteiger charge is -2.23. The molecule has 26 heavy (non-hydrogen) atoms. The average Bonchev–Trinajstić information content (AvgIpc) is 3.26. The summed E-state index contributed by atoms with van der Waals surface area (Å²) in [5, 5.41) is 8.59. The van der Waals surface area contributed by atoms with Crippen molar-refractivity contribution in [2.24, 2.45) is 0 Å². The van der Waals surface area contributed by atoms with Gasteiger partial charge in [0.2, 0.25) is 0 Å². The summed E-state index contributed by atoms with van der Waals surface area (Å²) in [6, 6.07) is 8.59. The third-order valence-electron chi connectivity index (χ3n) is 4.53. The average molecular weight is 355 g/mol. The van der Waals surface area contributed by atoms with E-state index in [4.69, 9.17) is 4.74 Å². The van der Waals surface area contributed by atoms with Gasteiger partial charge in [0.25, 0.3) is 0 Å². The van der Waals surface area contributed by atoms with Crippen molar-refractivity contribution < 1.29 is 9.13 Å². The fraction of sp³-hybridized carbons (Fsp3) is 0.368. The third kappa shape index (κ3) is 4.00. The van der Waals surface area contributed by atoms with Gasteiger partial charge in [0, 0.05) is 50.4 Å². The highest BCUT2D eigenvalue weighted by Crippen LogP contribution is 2.15. The molecule has 1 atom stereocenters. The van der Waals surface area contributed by atoms with Crippen molar-refractivity contribution in [2.75, 3.05) is 19.7 Å². The predicted octanol–water partition coefficient (Wildman–Crippen LogP) is 2.50. The maximum atomic E-state index is 13.9. The van der Waals surface area contributed by atoms with Gasteiger partial charge in [-0.25, -0.2) is 9.07 Å². The summed E-state index contributed by atoms with van der Waals surface area (Å²) in [6.45, 7) is 4.09. The molecule has 1 unspecified atom stereocenters. The first-order valence-electron chi connectivity index (χ1n) is 8.88. The Kier molecular flexibility index (Phi) is 5.08. The Morgan fingerprint density at radius 3 is 2.96 bits per heavy atom. The summed E-state index contributed by atoms with van der Waals surface area (Å²) in [7, 11) is 0. The zero-order valence-electron chi connectivity index (χ0n) is 14.5. The third-order valence-corrected chi connectivity index (χ3v) is 4.53. The second-order valence-electron chi connectivity index (χ2n) is 6.55. The van der Waals surface area contributed by atoms with Crippen LogP contribution >= 0.6 is 0 Å².